The highest BCUT2D eigenvalue weighted by atomic mass is 32.1. The van der Waals surface area contributed by atoms with Crippen LogP contribution in [0.25, 0.3) is 0 Å². The van der Waals surface area contributed by atoms with E-state index in [4.69, 9.17) is 0 Å². The highest BCUT2D eigenvalue weighted by Gasteiger charge is 2.02. The first-order valence-electron chi connectivity index (χ1n) is 4.18. The zero-order valence-corrected chi connectivity index (χ0v) is 8.49. The van der Waals surface area contributed by atoms with Crippen molar-refractivity contribution < 1.29 is 4.79 Å². The average Bonchev–Trinajstić information content (AvgIpc) is 2.75. The van der Waals surface area contributed by atoms with Crippen LogP contribution < -0.4 is 0 Å². The van der Waals surface area contributed by atoms with Gasteiger partial charge in [0.15, 0.2) is 5.78 Å². The highest BCUT2D eigenvalue weighted by molar-refractivity contribution is 7.05. The molecule has 14 heavy (non-hydrogen) atoms. The third-order valence-electron chi connectivity index (χ3n) is 1.90. The van der Waals surface area contributed by atoms with Crippen molar-refractivity contribution in [3.8, 4) is 0 Å². The molecular weight excluding hydrogens is 198 g/mol. The molecule has 2 rings (SSSR count). The van der Waals surface area contributed by atoms with E-state index in [9.17, 15) is 4.79 Å². The summed E-state index contributed by atoms with van der Waals surface area (Å²) in [5.41, 5.74) is 0.738. The number of nitrogens with zero attached hydrogens (tertiary/aromatic N) is 3. The molecule has 0 N–H and O–H groups in total. The Kier molecular flexibility index (Phi) is 2.41. The number of Topliss-reactive ketones (excluding diaryl/α,β-unsaturated/α-hetero) is 1. The molecule has 72 valence electrons. The molecule has 0 aliphatic rings. The van der Waals surface area contributed by atoms with Gasteiger partial charge in [-0.1, -0.05) is 4.49 Å². The van der Waals surface area contributed by atoms with Gasteiger partial charge in [-0.3, -0.25) is 4.79 Å². The normalized spacial score (nSPS) is 10.4. The van der Waals surface area contributed by atoms with Crippen LogP contribution in [0.15, 0.2) is 24.7 Å². The molecule has 0 fully saturated rings. The number of carbonyl (C=O) groups excluding carboxylic acids is 1. The molecule has 2 aromatic rings. The minimum absolute atomic E-state index is 0.0891. The Morgan fingerprint density at radius 2 is 2.50 bits per heavy atom. The third-order valence-corrected chi connectivity index (χ3v) is 2.55. The molecule has 4 nitrogen and oxygen atoms in total. The van der Waals surface area contributed by atoms with E-state index < -0.39 is 0 Å². The van der Waals surface area contributed by atoms with Crippen molar-refractivity contribution in [3.05, 3.63) is 35.1 Å². The largest absolute Gasteiger partial charge is 0.348 e. The zero-order valence-electron chi connectivity index (χ0n) is 7.67. The first-order valence-corrected chi connectivity index (χ1v) is 4.96. The second kappa shape index (κ2) is 3.71. The Morgan fingerprint density at radius 3 is 3.07 bits per heavy atom. The summed E-state index contributed by atoms with van der Waals surface area (Å²) in [7, 11) is 0. The van der Waals surface area contributed by atoms with Crippen LogP contribution in [0.4, 0.5) is 0 Å². The summed E-state index contributed by atoms with van der Waals surface area (Å²) < 4.78 is 5.72. The van der Waals surface area contributed by atoms with Gasteiger partial charge in [0.25, 0.3) is 0 Å². The Morgan fingerprint density at radius 1 is 1.64 bits per heavy atom. The molecule has 0 radical (unpaired) electrons. The van der Waals surface area contributed by atoms with Crippen LogP contribution in [0.5, 0.6) is 0 Å². The van der Waals surface area contributed by atoms with Gasteiger partial charge in [-0.05, 0) is 24.5 Å². The van der Waals surface area contributed by atoms with Crippen molar-refractivity contribution in [1.29, 1.82) is 0 Å². The summed E-state index contributed by atoms with van der Waals surface area (Å²) in [4.78, 5) is 12.1. The summed E-state index contributed by atoms with van der Waals surface area (Å²) in [5.74, 6) is 0.0891. The maximum atomic E-state index is 11.0. The molecule has 0 aliphatic heterocycles. The van der Waals surface area contributed by atoms with Gasteiger partial charge >= 0.3 is 0 Å². The number of hydrogen-bond donors (Lipinski definition) is 0. The lowest BCUT2D eigenvalue weighted by Gasteiger charge is -1.96. The Balaban J connectivity index is 2.14. The number of aromatic nitrogens is 3. The van der Waals surface area contributed by atoms with E-state index in [2.05, 4.69) is 9.59 Å². The molecule has 0 spiro atoms. The summed E-state index contributed by atoms with van der Waals surface area (Å²) in [6.07, 6.45) is 5.45. The lowest BCUT2D eigenvalue weighted by atomic mass is 10.2. The number of rotatable bonds is 3. The molecule has 2 aromatic heterocycles. The number of hydrogen-bond acceptors (Lipinski definition) is 4. The molecule has 0 saturated heterocycles. The molecule has 0 saturated carbocycles. The van der Waals surface area contributed by atoms with E-state index in [-0.39, 0.29) is 5.78 Å². The van der Waals surface area contributed by atoms with E-state index in [1.54, 1.807) is 13.1 Å². The van der Waals surface area contributed by atoms with Crippen molar-refractivity contribution >= 4 is 17.3 Å². The van der Waals surface area contributed by atoms with Gasteiger partial charge in [0, 0.05) is 18.0 Å². The summed E-state index contributed by atoms with van der Waals surface area (Å²) in [5, 5.41) is 3.75. The van der Waals surface area contributed by atoms with E-state index >= 15 is 0 Å². The smallest absolute Gasteiger partial charge is 0.161 e. The topological polar surface area (TPSA) is 47.8 Å². The lowest BCUT2D eigenvalue weighted by molar-refractivity contribution is 0.101. The standard InChI is InChI=1S/C9H9N3OS/c1-7(13)8-2-3-12(5-8)6-9-4-10-11-14-9/h2-5H,6H2,1H3. The second-order valence-corrected chi connectivity index (χ2v) is 3.88. The van der Waals surface area contributed by atoms with Crippen LogP contribution in [0.1, 0.15) is 22.2 Å². The van der Waals surface area contributed by atoms with E-state index in [0.717, 1.165) is 17.0 Å². The molecule has 0 unspecified atom stereocenters. The van der Waals surface area contributed by atoms with Gasteiger partial charge < -0.3 is 4.57 Å². The van der Waals surface area contributed by atoms with Crippen LogP contribution in [0, 0.1) is 0 Å². The van der Waals surface area contributed by atoms with Crippen LogP contribution in [-0.2, 0) is 6.54 Å². The van der Waals surface area contributed by atoms with Crippen LogP contribution in [0.2, 0.25) is 0 Å². The van der Waals surface area contributed by atoms with Crippen LogP contribution in [-0.4, -0.2) is 19.9 Å². The quantitative estimate of drug-likeness (QED) is 0.718. The first-order chi connectivity index (χ1) is 6.75. The SMILES string of the molecule is CC(=O)c1ccn(Cc2cnns2)c1. The van der Waals surface area contributed by atoms with Crippen molar-refractivity contribution in [2.24, 2.45) is 0 Å². The molecule has 0 bridgehead atoms. The monoisotopic (exact) mass is 207 g/mol. The third kappa shape index (κ3) is 1.88. The summed E-state index contributed by atoms with van der Waals surface area (Å²) >= 11 is 1.37. The van der Waals surface area contributed by atoms with Crippen molar-refractivity contribution in [2.45, 2.75) is 13.5 Å². The highest BCUT2D eigenvalue weighted by Crippen LogP contribution is 2.08. The van der Waals surface area contributed by atoms with E-state index in [0.29, 0.717) is 0 Å². The summed E-state index contributed by atoms with van der Waals surface area (Å²) in [6, 6.07) is 1.82. The van der Waals surface area contributed by atoms with Crippen molar-refractivity contribution in [2.75, 3.05) is 0 Å². The molecule has 0 amide bonds. The van der Waals surface area contributed by atoms with Gasteiger partial charge in [0.05, 0.1) is 17.6 Å². The Hall–Kier alpha value is -1.49. The molecule has 0 aliphatic carbocycles. The molecule has 0 atom stereocenters. The maximum Gasteiger partial charge on any atom is 0.161 e. The minimum Gasteiger partial charge on any atom is -0.348 e. The molecule has 2 heterocycles. The first kappa shape index (κ1) is 9.08. The Bertz CT molecular complexity index is 433. The molecule has 0 aromatic carbocycles. The fraction of sp³-hybridized carbons (Fsp3) is 0.222. The van der Waals surface area contributed by atoms with Crippen molar-refractivity contribution in [3.63, 3.8) is 0 Å². The second-order valence-electron chi connectivity index (χ2n) is 3.01. The van der Waals surface area contributed by atoms with Gasteiger partial charge in [-0.15, -0.1) is 5.10 Å². The maximum absolute atomic E-state index is 11.0. The predicted molar refractivity (Wildman–Crippen MR) is 53.4 cm³/mol. The zero-order chi connectivity index (χ0) is 9.97. The summed E-state index contributed by atoms with van der Waals surface area (Å²) in [6.45, 7) is 2.29. The van der Waals surface area contributed by atoms with Gasteiger partial charge in [-0.2, -0.15) is 0 Å². The average molecular weight is 207 g/mol. The van der Waals surface area contributed by atoms with Gasteiger partial charge in [0.2, 0.25) is 0 Å². The minimum atomic E-state index is 0.0891. The Labute approximate surface area is 85.4 Å². The van der Waals surface area contributed by atoms with Gasteiger partial charge in [-0.25, -0.2) is 0 Å². The number of ketones is 1. The van der Waals surface area contributed by atoms with Crippen LogP contribution >= 0.6 is 11.5 Å². The molecule has 5 heteroatoms. The predicted octanol–water partition coefficient (Wildman–Crippen LogP) is 1.59. The van der Waals surface area contributed by atoms with E-state index in [1.165, 1.54) is 11.5 Å². The van der Waals surface area contributed by atoms with Gasteiger partial charge in [0.1, 0.15) is 0 Å². The number of carbonyl (C=O) groups is 1. The molecular formula is C9H9N3OS. The van der Waals surface area contributed by atoms with Crippen LogP contribution in [0.3, 0.4) is 0 Å². The van der Waals surface area contributed by atoms with Crippen molar-refractivity contribution in [1.82, 2.24) is 14.2 Å². The van der Waals surface area contributed by atoms with E-state index in [1.807, 2.05) is 23.0 Å². The fourth-order valence-corrected chi connectivity index (χ4v) is 1.68. The fourth-order valence-electron chi connectivity index (χ4n) is 1.18. The lowest BCUT2D eigenvalue weighted by Crippen LogP contribution is -1.94.